The molecule has 1 atom stereocenters. The summed E-state index contributed by atoms with van der Waals surface area (Å²) in [4.78, 5) is 20.7. The number of benzene rings is 1. The van der Waals surface area contributed by atoms with Crippen LogP contribution in [0.3, 0.4) is 0 Å². The Hall–Kier alpha value is -2.51. The van der Waals surface area contributed by atoms with Gasteiger partial charge in [0.2, 0.25) is 0 Å². The number of amides is 2. The molecular formula is C20H25FN4O2. The Labute approximate surface area is 158 Å². The van der Waals surface area contributed by atoms with Crippen LogP contribution >= 0.6 is 0 Å². The van der Waals surface area contributed by atoms with Gasteiger partial charge in [0, 0.05) is 45.0 Å². The Morgan fingerprint density at radius 3 is 2.70 bits per heavy atom. The molecule has 0 bridgehead atoms. The van der Waals surface area contributed by atoms with Gasteiger partial charge in [-0.1, -0.05) is 24.3 Å². The summed E-state index contributed by atoms with van der Waals surface area (Å²) in [5.74, 6) is -0.308. The first-order valence-corrected chi connectivity index (χ1v) is 9.10. The molecule has 0 spiro atoms. The highest BCUT2D eigenvalue weighted by Crippen LogP contribution is 2.19. The Bertz CT molecular complexity index is 738. The highest BCUT2D eigenvalue weighted by molar-refractivity contribution is 5.73. The van der Waals surface area contributed by atoms with Crippen LogP contribution < -0.4 is 5.32 Å². The maximum atomic E-state index is 13.8. The van der Waals surface area contributed by atoms with Crippen molar-refractivity contribution < 1.29 is 13.9 Å². The molecule has 1 N–H and O–H groups in total. The molecule has 1 aliphatic heterocycles. The number of urea groups is 1. The predicted octanol–water partition coefficient (Wildman–Crippen LogP) is 2.44. The summed E-state index contributed by atoms with van der Waals surface area (Å²) in [6.45, 7) is 3.57. The average Bonchev–Trinajstić information content (AvgIpc) is 2.71. The zero-order valence-electron chi connectivity index (χ0n) is 15.5. The highest BCUT2D eigenvalue weighted by Gasteiger charge is 2.24. The van der Waals surface area contributed by atoms with Gasteiger partial charge in [0.1, 0.15) is 5.82 Å². The van der Waals surface area contributed by atoms with Gasteiger partial charge in [0.05, 0.1) is 24.9 Å². The third kappa shape index (κ3) is 5.24. The van der Waals surface area contributed by atoms with Crippen molar-refractivity contribution >= 4 is 6.03 Å². The summed E-state index contributed by atoms with van der Waals surface area (Å²) in [5, 5.41) is 2.96. The number of carbonyl (C=O) groups excluding carboxylic acids is 1. The van der Waals surface area contributed by atoms with Crippen molar-refractivity contribution in [2.45, 2.75) is 12.6 Å². The Balaban J connectivity index is 1.62. The van der Waals surface area contributed by atoms with E-state index in [4.69, 9.17) is 4.74 Å². The van der Waals surface area contributed by atoms with Gasteiger partial charge < -0.3 is 15.0 Å². The Morgan fingerprint density at radius 1 is 1.26 bits per heavy atom. The maximum Gasteiger partial charge on any atom is 0.317 e. The molecule has 7 heteroatoms. The van der Waals surface area contributed by atoms with Crippen LogP contribution in [0.15, 0.2) is 48.7 Å². The molecule has 0 saturated carbocycles. The standard InChI is InChI=1S/C20H25FN4O2/c1-24(15-16-6-2-3-7-17(16)21)20(26)23-14-19(18-8-4-5-9-22-18)25-10-12-27-13-11-25/h2-9,19H,10-15H2,1H3,(H,23,26)/t19-/m1/s1. The minimum atomic E-state index is -0.308. The number of hydrogen-bond donors (Lipinski definition) is 1. The quantitative estimate of drug-likeness (QED) is 0.846. The summed E-state index contributed by atoms with van der Waals surface area (Å²) >= 11 is 0. The lowest BCUT2D eigenvalue weighted by atomic mass is 10.1. The zero-order valence-corrected chi connectivity index (χ0v) is 15.5. The van der Waals surface area contributed by atoms with Crippen LogP contribution in [0.1, 0.15) is 17.3 Å². The SMILES string of the molecule is CN(Cc1ccccc1F)C(=O)NC[C@H](c1ccccn1)N1CCOCC1. The monoisotopic (exact) mass is 372 g/mol. The van der Waals surface area contributed by atoms with Crippen molar-refractivity contribution in [2.75, 3.05) is 39.9 Å². The third-order valence-electron chi connectivity index (χ3n) is 4.67. The van der Waals surface area contributed by atoms with E-state index < -0.39 is 0 Å². The molecule has 27 heavy (non-hydrogen) atoms. The van der Waals surface area contributed by atoms with E-state index in [1.165, 1.54) is 11.0 Å². The van der Waals surface area contributed by atoms with E-state index in [1.54, 1.807) is 31.4 Å². The van der Waals surface area contributed by atoms with Gasteiger partial charge in [0.15, 0.2) is 0 Å². The zero-order chi connectivity index (χ0) is 19.1. The van der Waals surface area contributed by atoms with Gasteiger partial charge in [-0.15, -0.1) is 0 Å². The second-order valence-corrected chi connectivity index (χ2v) is 6.55. The van der Waals surface area contributed by atoms with Gasteiger partial charge in [-0.05, 0) is 18.2 Å². The molecule has 144 valence electrons. The number of rotatable bonds is 6. The van der Waals surface area contributed by atoms with Crippen LogP contribution in [0, 0.1) is 5.82 Å². The van der Waals surface area contributed by atoms with Crippen LogP contribution in [0.2, 0.25) is 0 Å². The van der Waals surface area contributed by atoms with E-state index in [1.807, 2.05) is 18.2 Å². The molecule has 1 aliphatic rings. The van der Waals surface area contributed by atoms with Crippen molar-refractivity contribution in [1.82, 2.24) is 20.1 Å². The van der Waals surface area contributed by atoms with Gasteiger partial charge in [-0.2, -0.15) is 0 Å². The molecule has 1 aromatic carbocycles. The fourth-order valence-corrected chi connectivity index (χ4v) is 3.16. The van der Waals surface area contributed by atoms with E-state index in [0.29, 0.717) is 25.3 Å². The molecule has 6 nitrogen and oxygen atoms in total. The van der Waals surface area contributed by atoms with Crippen LogP contribution in [0.25, 0.3) is 0 Å². The van der Waals surface area contributed by atoms with Crippen LogP contribution in [-0.2, 0) is 11.3 Å². The fraction of sp³-hybridized carbons (Fsp3) is 0.400. The molecule has 0 unspecified atom stereocenters. The Morgan fingerprint density at radius 2 is 2.00 bits per heavy atom. The van der Waals surface area contributed by atoms with E-state index >= 15 is 0 Å². The lowest BCUT2D eigenvalue weighted by Gasteiger charge is -2.34. The molecule has 1 fully saturated rings. The third-order valence-corrected chi connectivity index (χ3v) is 4.67. The molecule has 0 radical (unpaired) electrons. The second-order valence-electron chi connectivity index (χ2n) is 6.55. The van der Waals surface area contributed by atoms with Crippen LogP contribution in [-0.4, -0.2) is 60.7 Å². The predicted molar refractivity (Wildman–Crippen MR) is 101 cm³/mol. The van der Waals surface area contributed by atoms with Crippen LogP contribution in [0.5, 0.6) is 0 Å². The number of aromatic nitrogens is 1. The summed E-state index contributed by atoms with van der Waals surface area (Å²) in [6, 6.07) is 12.0. The number of hydrogen-bond acceptors (Lipinski definition) is 4. The fourth-order valence-electron chi connectivity index (χ4n) is 3.16. The molecule has 1 aromatic heterocycles. The topological polar surface area (TPSA) is 57.7 Å². The van der Waals surface area contributed by atoms with Crippen molar-refractivity contribution in [2.24, 2.45) is 0 Å². The van der Waals surface area contributed by atoms with Gasteiger partial charge >= 0.3 is 6.03 Å². The minimum absolute atomic E-state index is 0.0269. The first kappa shape index (κ1) is 19.3. The number of morpholine rings is 1. The largest absolute Gasteiger partial charge is 0.379 e. The number of pyridine rings is 1. The van der Waals surface area contributed by atoms with Gasteiger partial charge in [-0.3, -0.25) is 9.88 Å². The normalized spacial score (nSPS) is 15.9. The van der Waals surface area contributed by atoms with E-state index in [2.05, 4.69) is 15.2 Å². The van der Waals surface area contributed by atoms with Crippen molar-refractivity contribution in [3.05, 3.63) is 65.7 Å². The van der Waals surface area contributed by atoms with Crippen molar-refractivity contribution in [1.29, 1.82) is 0 Å². The number of nitrogens with zero attached hydrogens (tertiary/aromatic N) is 3. The average molecular weight is 372 g/mol. The number of carbonyl (C=O) groups is 1. The maximum absolute atomic E-state index is 13.8. The molecular weight excluding hydrogens is 347 g/mol. The van der Waals surface area contributed by atoms with Crippen LogP contribution in [0.4, 0.5) is 9.18 Å². The smallest absolute Gasteiger partial charge is 0.317 e. The first-order chi connectivity index (χ1) is 13.1. The number of nitrogens with one attached hydrogen (secondary N) is 1. The van der Waals surface area contributed by atoms with E-state index in [-0.39, 0.29) is 24.4 Å². The van der Waals surface area contributed by atoms with Gasteiger partial charge in [0.25, 0.3) is 0 Å². The lowest BCUT2D eigenvalue weighted by Crippen LogP contribution is -2.46. The molecule has 2 aromatic rings. The molecule has 1 saturated heterocycles. The Kier molecular flexibility index (Phi) is 6.73. The molecule has 3 rings (SSSR count). The summed E-state index contributed by atoms with van der Waals surface area (Å²) in [6.07, 6.45) is 1.76. The highest BCUT2D eigenvalue weighted by atomic mass is 19.1. The molecule has 2 amide bonds. The van der Waals surface area contributed by atoms with E-state index in [9.17, 15) is 9.18 Å². The van der Waals surface area contributed by atoms with Crippen molar-refractivity contribution in [3.63, 3.8) is 0 Å². The lowest BCUT2D eigenvalue weighted by molar-refractivity contribution is 0.0156. The van der Waals surface area contributed by atoms with E-state index in [0.717, 1.165) is 18.8 Å². The number of ether oxygens (including phenoxy) is 1. The first-order valence-electron chi connectivity index (χ1n) is 9.10. The summed E-state index contributed by atoms with van der Waals surface area (Å²) in [7, 11) is 1.66. The number of halogens is 1. The molecule has 2 heterocycles. The summed E-state index contributed by atoms with van der Waals surface area (Å²) in [5.41, 5.74) is 1.40. The van der Waals surface area contributed by atoms with Gasteiger partial charge in [-0.25, -0.2) is 9.18 Å². The molecule has 0 aliphatic carbocycles. The summed E-state index contributed by atoms with van der Waals surface area (Å²) < 4.78 is 19.2. The van der Waals surface area contributed by atoms with Crippen molar-refractivity contribution in [3.8, 4) is 0 Å². The second kappa shape index (κ2) is 9.43. The minimum Gasteiger partial charge on any atom is -0.379 e.